The minimum absolute atomic E-state index is 0.0274. The van der Waals surface area contributed by atoms with Crippen LogP contribution >= 0.6 is 15.9 Å². The van der Waals surface area contributed by atoms with E-state index >= 15 is 0 Å². The number of carbonyl (C=O) groups is 2. The summed E-state index contributed by atoms with van der Waals surface area (Å²) in [5.41, 5.74) is -0.506. The predicted molar refractivity (Wildman–Crippen MR) is 96.5 cm³/mol. The lowest BCUT2D eigenvalue weighted by atomic mass is 9.91. The van der Waals surface area contributed by atoms with Crippen LogP contribution in [-0.4, -0.2) is 34.9 Å². The monoisotopic (exact) mass is 413 g/mol. The molecule has 1 heterocycles. The molecule has 1 saturated carbocycles. The smallest absolute Gasteiger partial charge is 0.414 e. The quantitative estimate of drug-likeness (QED) is 0.786. The number of rotatable bonds is 3. The average Bonchev–Trinajstić information content (AvgIpc) is 2.49. The molecule has 0 bridgehead atoms. The minimum Gasteiger partial charge on any atom is -0.444 e. The van der Waals surface area contributed by atoms with Crippen molar-refractivity contribution in [1.82, 2.24) is 15.6 Å². The van der Waals surface area contributed by atoms with Gasteiger partial charge in [-0.25, -0.2) is 14.6 Å². The van der Waals surface area contributed by atoms with Crippen molar-refractivity contribution in [1.29, 1.82) is 0 Å². The molecule has 0 unspecified atom stereocenters. The second-order valence-electron chi connectivity index (χ2n) is 7.04. The van der Waals surface area contributed by atoms with Gasteiger partial charge in [0.05, 0.1) is 0 Å². The zero-order valence-electron chi connectivity index (χ0n) is 14.7. The van der Waals surface area contributed by atoms with E-state index in [1.807, 2.05) is 20.8 Å². The molecule has 2 rings (SSSR count). The van der Waals surface area contributed by atoms with Crippen molar-refractivity contribution in [3.05, 3.63) is 22.8 Å². The third-order valence-electron chi connectivity index (χ3n) is 3.67. The Bertz CT molecular complexity index is 593. The predicted octanol–water partition coefficient (Wildman–Crippen LogP) is 3.77. The first-order chi connectivity index (χ1) is 11.7. The van der Waals surface area contributed by atoms with Gasteiger partial charge >= 0.3 is 12.2 Å². The Hall–Kier alpha value is -1.83. The molecule has 1 aromatic rings. The van der Waals surface area contributed by atoms with Gasteiger partial charge in [-0.05, 0) is 68.5 Å². The molecule has 1 aliphatic carbocycles. The van der Waals surface area contributed by atoms with Crippen LogP contribution in [0.4, 0.5) is 9.59 Å². The highest BCUT2D eigenvalue weighted by Gasteiger charge is 2.26. The van der Waals surface area contributed by atoms with Crippen molar-refractivity contribution in [3.63, 3.8) is 0 Å². The number of pyridine rings is 1. The number of amides is 2. The first-order valence-corrected chi connectivity index (χ1v) is 9.10. The highest BCUT2D eigenvalue weighted by atomic mass is 79.9. The van der Waals surface area contributed by atoms with E-state index in [4.69, 9.17) is 9.47 Å². The van der Waals surface area contributed by atoms with E-state index in [0.29, 0.717) is 0 Å². The Morgan fingerprint density at radius 3 is 2.12 bits per heavy atom. The molecule has 1 aromatic heterocycles. The summed E-state index contributed by atoms with van der Waals surface area (Å²) in [6.45, 7) is 5.50. The van der Waals surface area contributed by atoms with Crippen LogP contribution in [0.2, 0.25) is 0 Å². The summed E-state index contributed by atoms with van der Waals surface area (Å²) in [7, 11) is 0. The topological polar surface area (TPSA) is 89.6 Å². The van der Waals surface area contributed by atoms with Gasteiger partial charge in [0.1, 0.15) is 5.60 Å². The zero-order valence-corrected chi connectivity index (χ0v) is 16.3. The zero-order chi connectivity index (χ0) is 18.4. The summed E-state index contributed by atoms with van der Waals surface area (Å²) < 4.78 is 11.2. The van der Waals surface area contributed by atoms with E-state index in [9.17, 15) is 9.59 Å². The van der Waals surface area contributed by atoms with Gasteiger partial charge in [0, 0.05) is 28.8 Å². The van der Waals surface area contributed by atoms with Gasteiger partial charge in [0.15, 0.2) is 0 Å². The van der Waals surface area contributed by atoms with Crippen LogP contribution in [0.3, 0.4) is 0 Å². The van der Waals surface area contributed by atoms with E-state index in [-0.39, 0.29) is 18.0 Å². The lowest BCUT2D eigenvalue weighted by Gasteiger charge is -2.30. The van der Waals surface area contributed by atoms with Gasteiger partial charge in [-0.3, -0.25) is 0 Å². The first-order valence-electron chi connectivity index (χ1n) is 8.31. The number of aromatic nitrogens is 1. The lowest BCUT2D eigenvalue weighted by Crippen LogP contribution is -2.45. The molecule has 138 valence electrons. The van der Waals surface area contributed by atoms with Crippen molar-refractivity contribution < 1.29 is 19.1 Å². The average molecular weight is 414 g/mol. The van der Waals surface area contributed by atoms with Crippen LogP contribution in [0.25, 0.3) is 0 Å². The number of nitrogens with zero attached hydrogens (tertiary/aromatic N) is 1. The third kappa shape index (κ3) is 7.29. The SMILES string of the molecule is CC(C)(C)OC(=O)NC1CCC(NC(=O)Oc2ccc(Br)cn2)CC1. The van der Waals surface area contributed by atoms with E-state index < -0.39 is 17.8 Å². The van der Waals surface area contributed by atoms with Crippen molar-refractivity contribution in [2.45, 2.75) is 64.1 Å². The van der Waals surface area contributed by atoms with Gasteiger partial charge < -0.3 is 20.1 Å². The van der Waals surface area contributed by atoms with Crippen LogP contribution in [0, 0.1) is 0 Å². The van der Waals surface area contributed by atoms with Crippen LogP contribution < -0.4 is 15.4 Å². The Balaban J connectivity index is 1.70. The maximum absolute atomic E-state index is 11.9. The van der Waals surface area contributed by atoms with Crippen molar-refractivity contribution in [2.24, 2.45) is 0 Å². The van der Waals surface area contributed by atoms with Crippen LogP contribution in [0.5, 0.6) is 5.88 Å². The number of hydrogen-bond acceptors (Lipinski definition) is 5. The molecule has 0 aliphatic heterocycles. The van der Waals surface area contributed by atoms with Crippen LogP contribution in [-0.2, 0) is 4.74 Å². The lowest BCUT2D eigenvalue weighted by molar-refractivity contribution is 0.0489. The summed E-state index contributed by atoms with van der Waals surface area (Å²) >= 11 is 3.27. The number of nitrogens with one attached hydrogen (secondary N) is 2. The van der Waals surface area contributed by atoms with Crippen LogP contribution in [0.1, 0.15) is 46.5 Å². The Morgan fingerprint density at radius 1 is 1.08 bits per heavy atom. The van der Waals surface area contributed by atoms with E-state index in [2.05, 4.69) is 31.5 Å². The van der Waals surface area contributed by atoms with E-state index in [1.54, 1.807) is 18.3 Å². The molecule has 8 heteroatoms. The molecular formula is C17H24BrN3O4. The normalized spacial score (nSPS) is 20.5. The second kappa shape index (κ2) is 8.51. The third-order valence-corrected chi connectivity index (χ3v) is 4.14. The maximum Gasteiger partial charge on any atom is 0.414 e. The number of ether oxygens (including phenoxy) is 2. The fourth-order valence-corrected chi connectivity index (χ4v) is 2.80. The molecule has 0 atom stereocenters. The second-order valence-corrected chi connectivity index (χ2v) is 7.96. The molecule has 1 aliphatic rings. The van der Waals surface area contributed by atoms with Gasteiger partial charge in [0.25, 0.3) is 0 Å². The fraction of sp³-hybridized carbons (Fsp3) is 0.588. The Labute approximate surface area is 156 Å². The fourth-order valence-electron chi connectivity index (χ4n) is 2.57. The molecule has 2 N–H and O–H groups in total. The summed E-state index contributed by atoms with van der Waals surface area (Å²) in [4.78, 5) is 27.7. The van der Waals surface area contributed by atoms with E-state index in [0.717, 1.165) is 30.2 Å². The minimum atomic E-state index is -0.515. The van der Waals surface area contributed by atoms with Gasteiger partial charge in [-0.1, -0.05) is 0 Å². The van der Waals surface area contributed by atoms with Gasteiger partial charge in [-0.2, -0.15) is 0 Å². The summed E-state index contributed by atoms with van der Waals surface area (Å²) in [6, 6.07) is 3.46. The van der Waals surface area contributed by atoms with Gasteiger partial charge in [0.2, 0.25) is 5.88 Å². The van der Waals surface area contributed by atoms with Crippen molar-refractivity contribution in [2.75, 3.05) is 0 Å². The summed E-state index contributed by atoms with van der Waals surface area (Å²) in [6.07, 6.45) is 3.74. The van der Waals surface area contributed by atoms with Gasteiger partial charge in [-0.15, -0.1) is 0 Å². The molecular weight excluding hydrogens is 390 g/mol. The van der Waals surface area contributed by atoms with E-state index in [1.165, 1.54) is 0 Å². The maximum atomic E-state index is 11.9. The molecule has 0 spiro atoms. The Kier molecular flexibility index (Phi) is 6.64. The molecule has 0 saturated heterocycles. The standard InChI is InChI=1S/C17H24BrN3O4/c1-17(2,3)25-16(23)21-13-7-5-12(6-8-13)20-15(22)24-14-9-4-11(18)10-19-14/h4,9-10,12-13H,5-8H2,1-3H3,(H,20,22)(H,21,23). The first kappa shape index (κ1) is 19.5. The largest absolute Gasteiger partial charge is 0.444 e. The van der Waals surface area contributed by atoms with Crippen molar-refractivity contribution in [3.8, 4) is 5.88 Å². The molecule has 25 heavy (non-hydrogen) atoms. The number of hydrogen-bond donors (Lipinski definition) is 2. The molecule has 0 radical (unpaired) electrons. The summed E-state index contributed by atoms with van der Waals surface area (Å²) in [5, 5.41) is 5.71. The molecule has 0 aromatic carbocycles. The van der Waals surface area contributed by atoms with Crippen molar-refractivity contribution >= 4 is 28.1 Å². The molecule has 7 nitrogen and oxygen atoms in total. The van der Waals surface area contributed by atoms with Crippen LogP contribution in [0.15, 0.2) is 22.8 Å². The number of halogens is 1. The number of carbonyl (C=O) groups excluding carboxylic acids is 2. The Morgan fingerprint density at radius 2 is 1.64 bits per heavy atom. The highest BCUT2D eigenvalue weighted by Crippen LogP contribution is 2.20. The molecule has 1 fully saturated rings. The number of alkyl carbamates (subject to hydrolysis) is 1. The molecule has 2 amide bonds. The highest BCUT2D eigenvalue weighted by molar-refractivity contribution is 9.10. The summed E-state index contributed by atoms with van der Waals surface area (Å²) in [5.74, 6) is 0.251.